The van der Waals surface area contributed by atoms with Gasteiger partial charge in [-0.05, 0) is 43.8 Å². The van der Waals surface area contributed by atoms with Gasteiger partial charge in [0.25, 0.3) is 0 Å². The Balaban J connectivity index is 2.54. The first kappa shape index (κ1) is 13.2. The number of rotatable bonds is 5. The van der Waals surface area contributed by atoms with Gasteiger partial charge in [-0.3, -0.25) is 4.68 Å². The molecule has 1 atom stereocenters. The molecule has 0 saturated carbocycles. The predicted octanol–water partition coefficient (Wildman–Crippen LogP) is 2.23. The summed E-state index contributed by atoms with van der Waals surface area (Å²) in [5, 5.41) is 7.50. The maximum absolute atomic E-state index is 4.20. The van der Waals surface area contributed by atoms with Gasteiger partial charge in [0.2, 0.25) is 0 Å². The first-order valence-corrected chi connectivity index (χ1v) is 6.06. The molecule has 0 saturated heterocycles. The van der Waals surface area contributed by atoms with Crippen molar-refractivity contribution >= 4 is 0 Å². The number of nitrogens with one attached hydrogen (secondary N) is 1. The van der Waals surface area contributed by atoms with E-state index in [0.29, 0.717) is 11.3 Å². The van der Waals surface area contributed by atoms with Gasteiger partial charge < -0.3 is 5.32 Å². The second-order valence-electron chi connectivity index (χ2n) is 5.61. The Kier molecular flexibility index (Phi) is 4.54. The maximum atomic E-state index is 4.20. The van der Waals surface area contributed by atoms with Crippen LogP contribution >= 0.6 is 0 Å². The summed E-state index contributed by atoms with van der Waals surface area (Å²) in [5.74, 6) is 0.701. The fourth-order valence-corrected chi connectivity index (χ4v) is 2.06. The van der Waals surface area contributed by atoms with Crippen molar-refractivity contribution in [1.82, 2.24) is 15.1 Å². The Morgan fingerprint density at radius 2 is 2.12 bits per heavy atom. The average molecular weight is 223 g/mol. The van der Waals surface area contributed by atoms with Gasteiger partial charge >= 0.3 is 0 Å². The lowest BCUT2D eigenvalue weighted by atomic mass is 9.78. The van der Waals surface area contributed by atoms with Gasteiger partial charge in [-0.2, -0.15) is 5.10 Å². The Morgan fingerprint density at radius 1 is 1.44 bits per heavy atom. The molecule has 92 valence electrons. The molecule has 1 aromatic rings. The normalized spacial score (nSPS) is 14.1. The molecule has 0 aliphatic heterocycles. The molecule has 3 heteroatoms. The monoisotopic (exact) mass is 223 g/mol. The van der Waals surface area contributed by atoms with Gasteiger partial charge in [0, 0.05) is 18.9 Å². The molecule has 1 heterocycles. The summed E-state index contributed by atoms with van der Waals surface area (Å²) in [6, 6.07) is 2.11. The molecule has 1 N–H and O–H groups in total. The van der Waals surface area contributed by atoms with Crippen molar-refractivity contribution < 1.29 is 0 Å². The van der Waals surface area contributed by atoms with Crippen LogP contribution in [0.25, 0.3) is 0 Å². The largest absolute Gasteiger partial charge is 0.319 e. The van der Waals surface area contributed by atoms with Gasteiger partial charge in [-0.25, -0.2) is 0 Å². The minimum Gasteiger partial charge on any atom is -0.319 e. The Labute approximate surface area is 99.2 Å². The third-order valence-corrected chi connectivity index (χ3v) is 3.35. The highest BCUT2D eigenvalue weighted by Crippen LogP contribution is 2.29. The van der Waals surface area contributed by atoms with Crippen LogP contribution in [-0.2, 0) is 13.5 Å². The van der Waals surface area contributed by atoms with E-state index in [2.05, 4.69) is 37.3 Å². The Morgan fingerprint density at radius 3 is 2.56 bits per heavy atom. The minimum atomic E-state index is 0.363. The molecule has 0 bridgehead atoms. The first-order valence-electron chi connectivity index (χ1n) is 6.06. The van der Waals surface area contributed by atoms with Crippen molar-refractivity contribution in [2.24, 2.45) is 18.4 Å². The van der Waals surface area contributed by atoms with E-state index in [1.54, 1.807) is 0 Å². The van der Waals surface area contributed by atoms with Gasteiger partial charge in [-0.1, -0.05) is 20.8 Å². The number of hydrogen-bond donors (Lipinski definition) is 1. The molecule has 0 aliphatic carbocycles. The summed E-state index contributed by atoms with van der Waals surface area (Å²) in [5.41, 5.74) is 1.69. The smallest absolute Gasteiger partial charge is 0.0492 e. The lowest BCUT2D eigenvalue weighted by molar-refractivity contribution is 0.221. The van der Waals surface area contributed by atoms with E-state index in [9.17, 15) is 0 Å². The topological polar surface area (TPSA) is 29.9 Å². The predicted molar refractivity (Wildman–Crippen MR) is 68.4 cm³/mol. The fourth-order valence-electron chi connectivity index (χ4n) is 2.06. The van der Waals surface area contributed by atoms with E-state index in [-0.39, 0.29) is 0 Å². The molecule has 16 heavy (non-hydrogen) atoms. The lowest BCUT2D eigenvalue weighted by Crippen LogP contribution is -2.30. The molecular weight excluding hydrogens is 198 g/mol. The van der Waals surface area contributed by atoms with Crippen LogP contribution in [0.2, 0.25) is 0 Å². The van der Waals surface area contributed by atoms with Gasteiger partial charge in [0.1, 0.15) is 0 Å². The first-order chi connectivity index (χ1) is 7.45. The van der Waals surface area contributed by atoms with Crippen LogP contribution in [0.1, 0.15) is 32.9 Å². The Hall–Kier alpha value is -0.830. The summed E-state index contributed by atoms with van der Waals surface area (Å²) in [6.45, 7) is 8.04. The van der Waals surface area contributed by atoms with Gasteiger partial charge in [0.05, 0.1) is 0 Å². The molecule has 0 fully saturated rings. The lowest BCUT2D eigenvalue weighted by Gasteiger charge is -2.30. The zero-order chi connectivity index (χ0) is 12.2. The minimum absolute atomic E-state index is 0.363. The second-order valence-corrected chi connectivity index (χ2v) is 5.61. The van der Waals surface area contributed by atoms with E-state index in [1.165, 1.54) is 12.1 Å². The third-order valence-electron chi connectivity index (χ3n) is 3.35. The van der Waals surface area contributed by atoms with Crippen LogP contribution in [-0.4, -0.2) is 23.4 Å². The van der Waals surface area contributed by atoms with Crippen molar-refractivity contribution in [1.29, 1.82) is 0 Å². The summed E-state index contributed by atoms with van der Waals surface area (Å²) in [6.07, 6.45) is 4.20. The van der Waals surface area contributed by atoms with Crippen molar-refractivity contribution in [2.75, 3.05) is 13.6 Å². The summed E-state index contributed by atoms with van der Waals surface area (Å²) in [4.78, 5) is 0. The Bertz CT molecular complexity index is 309. The van der Waals surface area contributed by atoms with Crippen LogP contribution < -0.4 is 5.32 Å². The summed E-state index contributed by atoms with van der Waals surface area (Å²) < 4.78 is 1.97. The standard InChI is InChI=1S/C13H25N3/c1-13(2,3)11(10-14-4)6-7-12-8-9-15-16(12)5/h8-9,11,14H,6-7,10H2,1-5H3. The van der Waals surface area contributed by atoms with Crippen molar-refractivity contribution in [2.45, 2.75) is 33.6 Å². The summed E-state index contributed by atoms with van der Waals surface area (Å²) >= 11 is 0. The summed E-state index contributed by atoms with van der Waals surface area (Å²) in [7, 11) is 4.04. The molecule has 0 spiro atoms. The van der Waals surface area contributed by atoms with Gasteiger partial charge in [-0.15, -0.1) is 0 Å². The van der Waals surface area contributed by atoms with Crippen LogP contribution in [0, 0.1) is 11.3 Å². The second kappa shape index (κ2) is 5.48. The van der Waals surface area contributed by atoms with Crippen molar-refractivity contribution in [3.63, 3.8) is 0 Å². The quantitative estimate of drug-likeness (QED) is 0.829. The maximum Gasteiger partial charge on any atom is 0.0492 e. The van der Waals surface area contributed by atoms with E-state index in [4.69, 9.17) is 0 Å². The zero-order valence-electron chi connectivity index (χ0n) is 11.2. The highest BCUT2D eigenvalue weighted by molar-refractivity contribution is 5.00. The molecule has 1 unspecified atom stereocenters. The van der Waals surface area contributed by atoms with E-state index in [0.717, 1.165) is 13.0 Å². The molecule has 3 nitrogen and oxygen atoms in total. The van der Waals surface area contributed by atoms with E-state index >= 15 is 0 Å². The fraction of sp³-hybridized carbons (Fsp3) is 0.769. The highest BCUT2D eigenvalue weighted by atomic mass is 15.2. The third kappa shape index (κ3) is 3.63. The molecule has 0 radical (unpaired) electrons. The molecular formula is C13H25N3. The SMILES string of the molecule is CNCC(CCc1ccnn1C)C(C)(C)C. The van der Waals surface area contributed by atoms with Crippen molar-refractivity contribution in [3.05, 3.63) is 18.0 Å². The van der Waals surface area contributed by atoms with Crippen LogP contribution in [0.15, 0.2) is 12.3 Å². The van der Waals surface area contributed by atoms with Crippen LogP contribution in [0.3, 0.4) is 0 Å². The van der Waals surface area contributed by atoms with Crippen molar-refractivity contribution in [3.8, 4) is 0 Å². The number of aryl methyl sites for hydroxylation is 2. The van der Waals surface area contributed by atoms with Crippen LogP contribution in [0.5, 0.6) is 0 Å². The molecule has 0 aromatic carbocycles. The average Bonchev–Trinajstić information content (AvgIpc) is 2.57. The van der Waals surface area contributed by atoms with Gasteiger partial charge in [0.15, 0.2) is 0 Å². The van der Waals surface area contributed by atoms with E-state index < -0.39 is 0 Å². The molecule has 1 aromatic heterocycles. The molecule has 0 amide bonds. The zero-order valence-corrected chi connectivity index (χ0v) is 11.2. The number of aromatic nitrogens is 2. The highest BCUT2D eigenvalue weighted by Gasteiger charge is 2.23. The van der Waals surface area contributed by atoms with E-state index in [1.807, 2.05) is 25.0 Å². The molecule has 0 aliphatic rings. The van der Waals surface area contributed by atoms with Crippen LogP contribution in [0.4, 0.5) is 0 Å². The number of nitrogens with zero attached hydrogens (tertiary/aromatic N) is 2. The molecule has 1 rings (SSSR count). The number of hydrogen-bond acceptors (Lipinski definition) is 2.